The van der Waals surface area contributed by atoms with Crippen LogP contribution in [0.2, 0.25) is 0 Å². The normalized spacial score (nSPS) is 20.0. The molecular weight excluding hydrogens is 369 g/mol. The second-order valence-electron chi connectivity index (χ2n) is 7.78. The topological polar surface area (TPSA) is 56.4 Å². The van der Waals surface area contributed by atoms with E-state index in [4.69, 9.17) is 0 Å². The van der Waals surface area contributed by atoms with Gasteiger partial charge in [-0.15, -0.1) is 0 Å². The zero-order valence-electron chi connectivity index (χ0n) is 16.8. The Bertz CT molecular complexity index is 1070. The number of hydrogen-bond donors (Lipinski definition) is 1. The standard InChI is InChI=1S/C23H24FN3O2/c1-14-5-4-6-18-21(14)16(13-25-18)12-20-23(29)26(2)19(22(28)27(20)3)11-15-7-9-17(24)10-8-15/h4-10,13,19-20,25H,11-12H2,1-3H3/t19-,20-/m0/s1. The maximum absolute atomic E-state index is 13.2. The number of aromatic amines is 1. The molecule has 1 saturated heterocycles. The van der Waals surface area contributed by atoms with Crippen LogP contribution in [0.5, 0.6) is 0 Å². The van der Waals surface area contributed by atoms with Gasteiger partial charge in [0.05, 0.1) is 0 Å². The number of likely N-dealkylation sites (N-methyl/N-ethyl adjacent to an activating group) is 2. The van der Waals surface area contributed by atoms with Crippen molar-refractivity contribution in [1.29, 1.82) is 0 Å². The summed E-state index contributed by atoms with van der Waals surface area (Å²) in [5.74, 6) is -0.500. The van der Waals surface area contributed by atoms with Crippen molar-refractivity contribution in [3.63, 3.8) is 0 Å². The number of aromatic nitrogens is 1. The molecule has 29 heavy (non-hydrogen) atoms. The Labute approximate surface area is 169 Å². The van der Waals surface area contributed by atoms with Gasteiger partial charge in [-0.05, 0) is 41.8 Å². The molecule has 0 spiro atoms. The van der Waals surface area contributed by atoms with Crippen molar-refractivity contribution in [2.45, 2.75) is 31.8 Å². The summed E-state index contributed by atoms with van der Waals surface area (Å²) in [5.41, 5.74) is 4.02. The maximum atomic E-state index is 13.2. The fraction of sp³-hybridized carbons (Fsp3) is 0.304. The summed E-state index contributed by atoms with van der Waals surface area (Å²) >= 11 is 0. The number of nitrogens with zero attached hydrogens (tertiary/aromatic N) is 2. The number of H-pyrrole nitrogens is 1. The van der Waals surface area contributed by atoms with Crippen LogP contribution in [-0.4, -0.2) is 52.8 Å². The molecule has 1 fully saturated rings. The second kappa shape index (κ2) is 7.35. The molecule has 150 valence electrons. The van der Waals surface area contributed by atoms with Crippen molar-refractivity contribution in [1.82, 2.24) is 14.8 Å². The summed E-state index contributed by atoms with van der Waals surface area (Å²) in [5, 5.41) is 1.11. The summed E-state index contributed by atoms with van der Waals surface area (Å²) in [6, 6.07) is 11.0. The maximum Gasteiger partial charge on any atom is 0.246 e. The predicted octanol–water partition coefficient (Wildman–Crippen LogP) is 3.07. The molecule has 1 aromatic heterocycles. The van der Waals surface area contributed by atoms with Crippen molar-refractivity contribution >= 4 is 22.7 Å². The van der Waals surface area contributed by atoms with E-state index in [2.05, 4.69) is 4.98 Å². The van der Waals surface area contributed by atoms with Crippen molar-refractivity contribution in [2.24, 2.45) is 0 Å². The lowest BCUT2D eigenvalue weighted by Gasteiger charge is -2.42. The van der Waals surface area contributed by atoms with Crippen LogP contribution >= 0.6 is 0 Å². The largest absolute Gasteiger partial charge is 0.361 e. The molecule has 1 N–H and O–H groups in total. The number of fused-ring (bicyclic) bond motifs is 1. The summed E-state index contributed by atoms with van der Waals surface area (Å²) in [6.45, 7) is 2.04. The third-order valence-corrected chi connectivity index (χ3v) is 5.95. The zero-order chi connectivity index (χ0) is 20.7. The smallest absolute Gasteiger partial charge is 0.246 e. The number of halogens is 1. The van der Waals surface area contributed by atoms with E-state index in [-0.39, 0.29) is 17.6 Å². The first-order valence-corrected chi connectivity index (χ1v) is 9.70. The lowest BCUT2D eigenvalue weighted by molar-refractivity contribution is -0.158. The molecule has 0 aliphatic carbocycles. The minimum absolute atomic E-state index is 0.0813. The Morgan fingerprint density at radius 1 is 0.931 bits per heavy atom. The first-order valence-electron chi connectivity index (χ1n) is 9.70. The molecule has 3 aromatic rings. The number of rotatable bonds is 4. The van der Waals surface area contributed by atoms with Gasteiger partial charge in [0.2, 0.25) is 11.8 Å². The average Bonchev–Trinajstić information content (AvgIpc) is 3.13. The molecule has 2 aromatic carbocycles. The first kappa shape index (κ1) is 19.2. The van der Waals surface area contributed by atoms with E-state index in [0.717, 1.165) is 27.6 Å². The zero-order valence-corrected chi connectivity index (χ0v) is 16.8. The van der Waals surface area contributed by atoms with Crippen LogP contribution < -0.4 is 0 Å². The van der Waals surface area contributed by atoms with Gasteiger partial charge in [-0.2, -0.15) is 0 Å². The van der Waals surface area contributed by atoms with Crippen LogP contribution in [0.15, 0.2) is 48.7 Å². The lowest BCUT2D eigenvalue weighted by atomic mass is 9.94. The van der Waals surface area contributed by atoms with E-state index in [0.29, 0.717) is 12.8 Å². The Morgan fingerprint density at radius 3 is 2.21 bits per heavy atom. The summed E-state index contributed by atoms with van der Waals surface area (Å²) < 4.78 is 13.2. The number of nitrogens with one attached hydrogen (secondary N) is 1. The highest BCUT2D eigenvalue weighted by Crippen LogP contribution is 2.27. The van der Waals surface area contributed by atoms with Gasteiger partial charge in [0.1, 0.15) is 17.9 Å². The van der Waals surface area contributed by atoms with E-state index >= 15 is 0 Å². The molecule has 1 aliphatic heterocycles. The summed E-state index contributed by atoms with van der Waals surface area (Å²) in [6.07, 6.45) is 2.75. The quantitative estimate of drug-likeness (QED) is 0.741. The summed E-state index contributed by atoms with van der Waals surface area (Å²) in [4.78, 5) is 32.6. The highest BCUT2D eigenvalue weighted by molar-refractivity contribution is 5.97. The molecule has 0 radical (unpaired) electrons. The minimum Gasteiger partial charge on any atom is -0.361 e. The van der Waals surface area contributed by atoms with E-state index in [9.17, 15) is 14.0 Å². The Morgan fingerprint density at radius 2 is 1.55 bits per heavy atom. The number of benzene rings is 2. The average molecular weight is 393 g/mol. The third kappa shape index (κ3) is 3.39. The van der Waals surface area contributed by atoms with Gasteiger partial charge in [-0.25, -0.2) is 4.39 Å². The van der Waals surface area contributed by atoms with Gasteiger partial charge in [-0.1, -0.05) is 24.3 Å². The molecule has 0 bridgehead atoms. The van der Waals surface area contributed by atoms with E-state index in [1.807, 2.05) is 31.3 Å². The number of amides is 2. The molecule has 0 unspecified atom stereocenters. The fourth-order valence-corrected chi connectivity index (χ4v) is 4.22. The van der Waals surface area contributed by atoms with Crippen LogP contribution in [0.25, 0.3) is 10.9 Å². The van der Waals surface area contributed by atoms with Gasteiger partial charge >= 0.3 is 0 Å². The van der Waals surface area contributed by atoms with Gasteiger partial charge < -0.3 is 14.8 Å². The van der Waals surface area contributed by atoms with Gasteiger partial charge in [0, 0.05) is 44.0 Å². The number of hydrogen-bond acceptors (Lipinski definition) is 2. The number of carbonyl (C=O) groups is 2. The lowest BCUT2D eigenvalue weighted by Crippen LogP contribution is -2.63. The molecule has 2 amide bonds. The van der Waals surface area contributed by atoms with Crippen LogP contribution in [0, 0.1) is 12.7 Å². The van der Waals surface area contributed by atoms with Gasteiger partial charge in [0.15, 0.2) is 0 Å². The predicted molar refractivity (Wildman–Crippen MR) is 110 cm³/mol. The molecule has 5 nitrogen and oxygen atoms in total. The number of piperazine rings is 1. The molecule has 4 rings (SSSR count). The monoisotopic (exact) mass is 393 g/mol. The summed E-state index contributed by atoms with van der Waals surface area (Å²) in [7, 11) is 3.37. The minimum atomic E-state index is -0.584. The van der Waals surface area contributed by atoms with Crippen molar-refractivity contribution in [2.75, 3.05) is 14.1 Å². The number of aryl methyl sites for hydroxylation is 1. The molecule has 6 heteroatoms. The van der Waals surface area contributed by atoms with Gasteiger partial charge in [0.25, 0.3) is 0 Å². The second-order valence-corrected chi connectivity index (χ2v) is 7.78. The van der Waals surface area contributed by atoms with Crippen molar-refractivity contribution < 1.29 is 14.0 Å². The molecule has 2 atom stereocenters. The Balaban J connectivity index is 1.58. The van der Waals surface area contributed by atoms with E-state index in [1.165, 1.54) is 17.0 Å². The molecule has 1 aliphatic rings. The Hall–Kier alpha value is -3.15. The van der Waals surface area contributed by atoms with Crippen LogP contribution in [0.3, 0.4) is 0 Å². The first-order chi connectivity index (χ1) is 13.9. The highest BCUT2D eigenvalue weighted by Gasteiger charge is 2.42. The van der Waals surface area contributed by atoms with Crippen LogP contribution in [0.1, 0.15) is 16.7 Å². The highest BCUT2D eigenvalue weighted by atomic mass is 19.1. The fourth-order valence-electron chi connectivity index (χ4n) is 4.22. The molecular formula is C23H24FN3O2. The van der Waals surface area contributed by atoms with Gasteiger partial charge in [-0.3, -0.25) is 9.59 Å². The number of carbonyl (C=O) groups excluding carboxylic acids is 2. The van der Waals surface area contributed by atoms with Crippen molar-refractivity contribution in [3.05, 3.63) is 71.2 Å². The third-order valence-electron chi connectivity index (χ3n) is 5.95. The van der Waals surface area contributed by atoms with Crippen LogP contribution in [-0.2, 0) is 22.4 Å². The van der Waals surface area contributed by atoms with Crippen molar-refractivity contribution in [3.8, 4) is 0 Å². The molecule has 0 saturated carbocycles. The van der Waals surface area contributed by atoms with E-state index in [1.54, 1.807) is 31.1 Å². The van der Waals surface area contributed by atoms with Crippen LogP contribution in [0.4, 0.5) is 4.39 Å². The SMILES string of the molecule is Cc1cccc2[nH]cc(C[C@H]3C(=O)N(C)[C@@H](Cc4ccc(F)cc4)C(=O)N3C)c12. The van der Waals surface area contributed by atoms with E-state index < -0.39 is 12.1 Å². The Kier molecular flexibility index (Phi) is 4.86. The molecule has 2 heterocycles.